The SMILES string of the molecule is Cc1c([C@H](C)NC(=O)NC2CC(=O)N(C)C2)oc2ccccc12. The molecule has 2 N–H and O–H groups in total. The molecule has 0 spiro atoms. The molecule has 0 bridgehead atoms. The molecule has 0 aliphatic carbocycles. The summed E-state index contributed by atoms with van der Waals surface area (Å²) < 4.78 is 5.86. The maximum absolute atomic E-state index is 12.1. The Hall–Kier alpha value is -2.50. The number of nitrogens with zero attached hydrogens (tertiary/aromatic N) is 1. The fourth-order valence-electron chi connectivity index (χ4n) is 3.06. The number of hydrogen-bond acceptors (Lipinski definition) is 3. The normalized spacial score (nSPS) is 19.2. The molecule has 1 aromatic heterocycles. The zero-order chi connectivity index (χ0) is 16.6. The summed E-state index contributed by atoms with van der Waals surface area (Å²) in [6.45, 7) is 4.42. The second-order valence-electron chi connectivity index (χ2n) is 6.10. The fourth-order valence-corrected chi connectivity index (χ4v) is 3.06. The number of urea groups is 1. The number of carbonyl (C=O) groups excluding carboxylic acids is 2. The first kappa shape index (κ1) is 15.4. The highest BCUT2D eigenvalue weighted by Crippen LogP contribution is 2.29. The van der Waals surface area contributed by atoms with Crippen LogP contribution >= 0.6 is 0 Å². The monoisotopic (exact) mass is 315 g/mol. The van der Waals surface area contributed by atoms with Crippen molar-refractivity contribution < 1.29 is 14.0 Å². The molecule has 0 saturated carbocycles. The number of fused-ring (bicyclic) bond motifs is 1. The van der Waals surface area contributed by atoms with Gasteiger partial charge in [0.25, 0.3) is 0 Å². The van der Waals surface area contributed by atoms with Gasteiger partial charge in [-0.1, -0.05) is 18.2 Å². The summed E-state index contributed by atoms with van der Waals surface area (Å²) in [6.07, 6.45) is 0.349. The lowest BCUT2D eigenvalue weighted by Crippen LogP contribution is -2.43. The molecule has 0 radical (unpaired) electrons. The van der Waals surface area contributed by atoms with E-state index in [9.17, 15) is 9.59 Å². The van der Waals surface area contributed by atoms with Crippen LogP contribution in [0.4, 0.5) is 4.79 Å². The maximum atomic E-state index is 12.1. The molecule has 2 heterocycles. The van der Waals surface area contributed by atoms with Gasteiger partial charge in [-0.25, -0.2) is 4.79 Å². The quantitative estimate of drug-likeness (QED) is 0.913. The lowest BCUT2D eigenvalue weighted by atomic mass is 10.1. The van der Waals surface area contributed by atoms with Crippen molar-refractivity contribution in [2.75, 3.05) is 13.6 Å². The number of nitrogens with one attached hydrogen (secondary N) is 2. The van der Waals surface area contributed by atoms with E-state index in [2.05, 4.69) is 10.6 Å². The third-order valence-electron chi connectivity index (χ3n) is 4.30. The Kier molecular flexibility index (Phi) is 3.98. The molecular formula is C17H21N3O3. The molecule has 2 atom stereocenters. The Bertz CT molecular complexity index is 753. The number of amides is 3. The van der Waals surface area contributed by atoms with Crippen molar-refractivity contribution in [2.24, 2.45) is 0 Å². The minimum Gasteiger partial charge on any atom is -0.459 e. The summed E-state index contributed by atoms with van der Waals surface area (Å²) in [7, 11) is 1.74. The molecule has 122 valence electrons. The van der Waals surface area contributed by atoms with E-state index < -0.39 is 0 Å². The van der Waals surface area contributed by atoms with Crippen LogP contribution < -0.4 is 10.6 Å². The number of carbonyl (C=O) groups is 2. The molecule has 6 heteroatoms. The van der Waals surface area contributed by atoms with Gasteiger partial charge in [0.2, 0.25) is 5.91 Å². The van der Waals surface area contributed by atoms with Crippen molar-refractivity contribution in [3.8, 4) is 0 Å². The van der Waals surface area contributed by atoms with E-state index in [1.165, 1.54) is 0 Å². The smallest absolute Gasteiger partial charge is 0.315 e. The molecule has 1 aliphatic rings. The summed E-state index contributed by atoms with van der Waals surface area (Å²) in [5.41, 5.74) is 1.85. The van der Waals surface area contributed by atoms with E-state index in [-0.39, 0.29) is 24.0 Å². The number of likely N-dealkylation sites (tertiary alicyclic amines) is 1. The molecule has 1 saturated heterocycles. The van der Waals surface area contributed by atoms with E-state index in [0.29, 0.717) is 13.0 Å². The largest absolute Gasteiger partial charge is 0.459 e. The van der Waals surface area contributed by atoms with Crippen LogP contribution in [0.1, 0.15) is 30.7 Å². The van der Waals surface area contributed by atoms with Crippen molar-refractivity contribution in [1.82, 2.24) is 15.5 Å². The number of para-hydroxylation sites is 1. The van der Waals surface area contributed by atoms with Crippen LogP contribution in [0.3, 0.4) is 0 Å². The number of hydrogen-bond donors (Lipinski definition) is 2. The van der Waals surface area contributed by atoms with Gasteiger partial charge in [-0.3, -0.25) is 4.79 Å². The first-order valence-electron chi connectivity index (χ1n) is 7.74. The van der Waals surface area contributed by atoms with E-state index in [0.717, 1.165) is 22.3 Å². The van der Waals surface area contributed by atoms with Crippen LogP contribution in [0.2, 0.25) is 0 Å². The summed E-state index contributed by atoms with van der Waals surface area (Å²) in [4.78, 5) is 25.2. The Labute approximate surface area is 134 Å². The lowest BCUT2D eigenvalue weighted by molar-refractivity contribution is -0.126. The molecule has 6 nitrogen and oxygen atoms in total. The minimum atomic E-state index is -0.287. The average Bonchev–Trinajstić information content (AvgIpc) is 3.00. The van der Waals surface area contributed by atoms with Gasteiger partial charge in [0.15, 0.2) is 0 Å². The van der Waals surface area contributed by atoms with E-state index in [1.54, 1.807) is 11.9 Å². The molecule has 1 unspecified atom stereocenters. The van der Waals surface area contributed by atoms with Crippen molar-refractivity contribution >= 4 is 22.9 Å². The predicted molar refractivity (Wildman–Crippen MR) is 87.1 cm³/mol. The minimum absolute atomic E-state index is 0.0523. The number of rotatable bonds is 3. The summed E-state index contributed by atoms with van der Waals surface area (Å²) in [6, 6.07) is 7.13. The van der Waals surface area contributed by atoms with Crippen LogP contribution in [0, 0.1) is 6.92 Å². The van der Waals surface area contributed by atoms with Gasteiger partial charge in [-0.15, -0.1) is 0 Å². The van der Waals surface area contributed by atoms with Crippen LogP contribution in [-0.2, 0) is 4.79 Å². The highest BCUT2D eigenvalue weighted by atomic mass is 16.3. The topological polar surface area (TPSA) is 74.6 Å². The van der Waals surface area contributed by atoms with Gasteiger partial charge < -0.3 is 20.0 Å². The standard InChI is InChI=1S/C17H21N3O3/c1-10-13-6-4-5-7-14(13)23-16(10)11(2)18-17(22)19-12-8-15(21)20(3)9-12/h4-7,11-12H,8-9H2,1-3H3,(H2,18,19,22)/t11-,12?/m0/s1. The lowest BCUT2D eigenvalue weighted by Gasteiger charge is -2.16. The van der Waals surface area contributed by atoms with Gasteiger partial charge in [0, 0.05) is 31.0 Å². The van der Waals surface area contributed by atoms with Gasteiger partial charge in [0.05, 0.1) is 12.1 Å². The Balaban J connectivity index is 1.66. The number of likely N-dealkylation sites (N-methyl/N-ethyl adjacent to an activating group) is 1. The summed E-state index contributed by atoms with van der Waals surface area (Å²) in [5, 5.41) is 6.78. The summed E-state index contributed by atoms with van der Waals surface area (Å²) >= 11 is 0. The van der Waals surface area contributed by atoms with E-state index in [4.69, 9.17) is 4.42 Å². The van der Waals surface area contributed by atoms with Crippen molar-refractivity contribution in [3.05, 3.63) is 35.6 Å². The van der Waals surface area contributed by atoms with Crippen LogP contribution in [0.25, 0.3) is 11.0 Å². The highest BCUT2D eigenvalue weighted by Gasteiger charge is 2.28. The third kappa shape index (κ3) is 3.02. The molecule has 3 amide bonds. The molecule has 1 aliphatic heterocycles. The number of aryl methyl sites for hydroxylation is 1. The van der Waals surface area contributed by atoms with Gasteiger partial charge >= 0.3 is 6.03 Å². The Morgan fingerprint density at radius 1 is 1.39 bits per heavy atom. The van der Waals surface area contributed by atoms with E-state index in [1.807, 2.05) is 38.1 Å². The molecular weight excluding hydrogens is 294 g/mol. The second-order valence-corrected chi connectivity index (χ2v) is 6.10. The summed E-state index contributed by atoms with van der Waals surface area (Å²) in [5.74, 6) is 0.803. The van der Waals surface area contributed by atoms with Crippen molar-refractivity contribution in [2.45, 2.75) is 32.4 Å². The van der Waals surface area contributed by atoms with Crippen LogP contribution in [-0.4, -0.2) is 36.5 Å². The van der Waals surface area contributed by atoms with Gasteiger partial charge in [-0.2, -0.15) is 0 Å². The average molecular weight is 315 g/mol. The predicted octanol–water partition coefficient (Wildman–Crippen LogP) is 2.33. The second kappa shape index (κ2) is 5.95. The molecule has 1 aromatic carbocycles. The molecule has 23 heavy (non-hydrogen) atoms. The number of benzene rings is 1. The van der Waals surface area contributed by atoms with Crippen molar-refractivity contribution in [1.29, 1.82) is 0 Å². The molecule has 2 aromatic rings. The van der Waals surface area contributed by atoms with E-state index >= 15 is 0 Å². The zero-order valence-electron chi connectivity index (χ0n) is 13.6. The van der Waals surface area contributed by atoms with Gasteiger partial charge in [0.1, 0.15) is 11.3 Å². The molecule has 1 fully saturated rings. The van der Waals surface area contributed by atoms with Crippen LogP contribution in [0.5, 0.6) is 0 Å². The first-order valence-corrected chi connectivity index (χ1v) is 7.74. The van der Waals surface area contributed by atoms with Crippen LogP contribution in [0.15, 0.2) is 28.7 Å². The fraction of sp³-hybridized carbons (Fsp3) is 0.412. The maximum Gasteiger partial charge on any atom is 0.315 e. The van der Waals surface area contributed by atoms with Crippen molar-refractivity contribution in [3.63, 3.8) is 0 Å². The molecule has 3 rings (SSSR count). The zero-order valence-corrected chi connectivity index (χ0v) is 13.6. The van der Waals surface area contributed by atoms with Gasteiger partial charge in [-0.05, 0) is 19.9 Å². The Morgan fingerprint density at radius 3 is 2.78 bits per heavy atom. The third-order valence-corrected chi connectivity index (χ3v) is 4.30. The number of furan rings is 1. The first-order chi connectivity index (χ1) is 11.0. The Morgan fingerprint density at radius 2 is 2.13 bits per heavy atom. The highest BCUT2D eigenvalue weighted by molar-refractivity contribution is 5.83.